The molecule has 4 N–H and O–H groups in total. The number of pyridine rings is 1. The second-order valence-electron chi connectivity index (χ2n) is 6.77. The van der Waals surface area contributed by atoms with Gasteiger partial charge in [0.2, 0.25) is 0 Å². The molecule has 4 rings (SSSR count). The fourth-order valence-corrected chi connectivity index (χ4v) is 3.81. The van der Waals surface area contributed by atoms with Crippen molar-refractivity contribution >= 4 is 41.1 Å². The lowest BCUT2D eigenvalue weighted by Crippen LogP contribution is -2.53. The number of carbonyl (C=O) groups excluding carboxylic acids is 1. The monoisotopic (exact) mass is 406 g/mol. The van der Waals surface area contributed by atoms with Crippen molar-refractivity contribution in [2.75, 3.05) is 5.73 Å². The molecule has 3 aromatic rings. The lowest BCUT2D eigenvalue weighted by Gasteiger charge is -2.29. The lowest BCUT2D eigenvalue weighted by atomic mass is 9.72. The Hall–Kier alpha value is -3.17. The number of hydrogen-bond donors (Lipinski definition) is 3. The molecule has 3 heterocycles. The molecule has 0 spiro atoms. The van der Waals surface area contributed by atoms with E-state index in [4.69, 9.17) is 10.4 Å². The predicted molar refractivity (Wildman–Crippen MR) is 114 cm³/mol. The SMILES string of the molecule is Cc1cccc2c1OB(O)[C@@H](NC(=O)/C(=C/c1cccnc1)c1csc(N)n1)C2. The van der Waals surface area contributed by atoms with Gasteiger partial charge in [0, 0.05) is 17.8 Å². The number of carbonyl (C=O) groups is 1. The number of nitrogens with zero attached hydrogens (tertiary/aromatic N) is 2. The predicted octanol–water partition coefficient (Wildman–Crippen LogP) is 2.11. The van der Waals surface area contributed by atoms with Gasteiger partial charge >= 0.3 is 7.12 Å². The van der Waals surface area contributed by atoms with Crippen LogP contribution in [-0.2, 0) is 11.2 Å². The van der Waals surface area contributed by atoms with Gasteiger partial charge in [-0.2, -0.15) is 0 Å². The largest absolute Gasteiger partial charge is 0.547 e. The third-order valence-electron chi connectivity index (χ3n) is 4.67. The summed E-state index contributed by atoms with van der Waals surface area (Å²) in [5, 5.41) is 15.4. The topological polar surface area (TPSA) is 110 Å². The summed E-state index contributed by atoms with van der Waals surface area (Å²) in [6.07, 6.45) is 5.47. The maximum absolute atomic E-state index is 13.1. The van der Waals surface area contributed by atoms with E-state index in [0.29, 0.717) is 28.6 Å². The number of para-hydroxylation sites is 1. The standard InChI is InChI=1S/C20H19BN4O3S/c1-12-4-2-6-14-9-17(21(27)28-18(12)14)25-19(26)15(16-11-29-20(22)24-16)8-13-5-3-7-23-10-13/h2-8,10-11,17,27H,9H2,1H3,(H2,22,24)(H,25,26)/b15-8+/t17-/m0/s1. The molecule has 0 saturated heterocycles. The first-order valence-corrected chi connectivity index (χ1v) is 9.96. The zero-order valence-corrected chi connectivity index (χ0v) is 16.5. The summed E-state index contributed by atoms with van der Waals surface area (Å²) in [5.74, 6) is -0.295. The highest BCUT2D eigenvalue weighted by Gasteiger charge is 2.37. The molecule has 0 aliphatic carbocycles. The number of aryl methyl sites for hydroxylation is 1. The summed E-state index contributed by atoms with van der Waals surface area (Å²) < 4.78 is 5.66. The molecule has 1 aliphatic rings. The van der Waals surface area contributed by atoms with Crippen molar-refractivity contribution in [3.8, 4) is 5.75 Å². The summed E-state index contributed by atoms with van der Waals surface area (Å²) in [6.45, 7) is 1.92. The molecule has 1 amide bonds. The van der Waals surface area contributed by atoms with Crippen LogP contribution in [-0.4, -0.2) is 34.0 Å². The molecule has 1 aliphatic heterocycles. The van der Waals surface area contributed by atoms with E-state index in [0.717, 1.165) is 16.7 Å². The summed E-state index contributed by atoms with van der Waals surface area (Å²) >= 11 is 1.26. The van der Waals surface area contributed by atoms with Crippen molar-refractivity contribution in [3.63, 3.8) is 0 Å². The molecular formula is C20H19BN4O3S. The van der Waals surface area contributed by atoms with Crippen LogP contribution in [0.15, 0.2) is 48.1 Å². The van der Waals surface area contributed by atoms with Crippen molar-refractivity contribution in [3.05, 3.63) is 70.5 Å². The number of amides is 1. The van der Waals surface area contributed by atoms with Gasteiger partial charge in [0.15, 0.2) is 5.13 Å². The average Bonchev–Trinajstić information content (AvgIpc) is 3.14. The van der Waals surface area contributed by atoms with Crippen LogP contribution in [0, 0.1) is 6.92 Å². The average molecular weight is 406 g/mol. The van der Waals surface area contributed by atoms with E-state index in [9.17, 15) is 9.82 Å². The van der Waals surface area contributed by atoms with Gasteiger partial charge in [-0.05, 0) is 42.2 Å². The van der Waals surface area contributed by atoms with Gasteiger partial charge < -0.3 is 20.7 Å². The van der Waals surface area contributed by atoms with Crippen LogP contribution in [0.25, 0.3) is 11.6 Å². The van der Waals surface area contributed by atoms with Crippen molar-refractivity contribution in [2.45, 2.75) is 19.3 Å². The van der Waals surface area contributed by atoms with E-state index in [1.54, 1.807) is 29.9 Å². The zero-order valence-electron chi connectivity index (χ0n) is 15.7. The minimum Gasteiger partial charge on any atom is -0.534 e. The summed E-state index contributed by atoms with van der Waals surface area (Å²) in [7, 11) is -1.15. The number of nitrogens with one attached hydrogen (secondary N) is 1. The van der Waals surface area contributed by atoms with Gasteiger partial charge in [0.05, 0.1) is 17.2 Å². The Bertz CT molecular complexity index is 1070. The van der Waals surface area contributed by atoms with Gasteiger partial charge in [0.1, 0.15) is 5.75 Å². The van der Waals surface area contributed by atoms with E-state index < -0.39 is 13.1 Å². The van der Waals surface area contributed by atoms with Gasteiger partial charge in [-0.25, -0.2) is 4.98 Å². The molecule has 146 valence electrons. The molecule has 1 atom stereocenters. The molecule has 1 aromatic carbocycles. The van der Waals surface area contributed by atoms with Crippen molar-refractivity contribution in [1.82, 2.24) is 15.3 Å². The molecule has 0 fully saturated rings. The second kappa shape index (κ2) is 8.06. The first-order valence-electron chi connectivity index (χ1n) is 9.08. The molecule has 9 heteroatoms. The van der Waals surface area contributed by atoms with E-state index in [1.165, 1.54) is 11.3 Å². The number of thiazole rings is 1. The number of fused-ring (bicyclic) bond motifs is 1. The minimum atomic E-state index is -1.15. The van der Waals surface area contributed by atoms with E-state index in [2.05, 4.69) is 15.3 Å². The second-order valence-corrected chi connectivity index (χ2v) is 7.66. The number of aromatic nitrogens is 2. The quantitative estimate of drug-likeness (QED) is 0.452. The van der Waals surface area contributed by atoms with Crippen molar-refractivity contribution in [2.24, 2.45) is 0 Å². The van der Waals surface area contributed by atoms with Crippen LogP contribution in [0.1, 0.15) is 22.4 Å². The minimum absolute atomic E-state index is 0.341. The van der Waals surface area contributed by atoms with E-state index in [-0.39, 0.29) is 5.91 Å². The molecule has 0 bridgehead atoms. The van der Waals surface area contributed by atoms with Gasteiger partial charge in [0.25, 0.3) is 5.91 Å². The lowest BCUT2D eigenvalue weighted by molar-refractivity contribution is -0.116. The van der Waals surface area contributed by atoms with Gasteiger partial charge in [-0.3, -0.25) is 9.78 Å². The Morgan fingerprint density at radius 3 is 3.00 bits per heavy atom. The van der Waals surface area contributed by atoms with Crippen LogP contribution in [0.3, 0.4) is 0 Å². The molecular weight excluding hydrogens is 387 g/mol. The molecule has 7 nitrogen and oxygen atoms in total. The maximum Gasteiger partial charge on any atom is 0.547 e. The number of anilines is 1. The third-order valence-corrected chi connectivity index (χ3v) is 5.34. The van der Waals surface area contributed by atoms with Crippen LogP contribution in [0.4, 0.5) is 5.13 Å². The molecule has 0 unspecified atom stereocenters. The Labute approximate surface area is 172 Å². The summed E-state index contributed by atoms with van der Waals surface area (Å²) in [6, 6.07) is 9.41. The van der Waals surface area contributed by atoms with Crippen molar-refractivity contribution in [1.29, 1.82) is 0 Å². The smallest absolute Gasteiger partial charge is 0.534 e. The van der Waals surface area contributed by atoms with Crippen molar-refractivity contribution < 1.29 is 14.5 Å². The van der Waals surface area contributed by atoms with E-state index in [1.807, 2.05) is 31.2 Å². The van der Waals surface area contributed by atoms with Crippen LogP contribution < -0.4 is 15.7 Å². The summed E-state index contributed by atoms with van der Waals surface area (Å²) in [4.78, 5) is 21.4. The van der Waals surface area contributed by atoms with Crippen LogP contribution in [0.5, 0.6) is 5.75 Å². The number of nitrogen functional groups attached to an aromatic ring is 1. The fourth-order valence-electron chi connectivity index (χ4n) is 3.25. The van der Waals surface area contributed by atoms with Gasteiger partial charge in [-0.1, -0.05) is 24.3 Å². The molecule has 2 aromatic heterocycles. The van der Waals surface area contributed by atoms with Crippen LogP contribution >= 0.6 is 11.3 Å². The Morgan fingerprint density at radius 2 is 2.28 bits per heavy atom. The number of benzene rings is 1. The highest BCUT2D eigenvalue weighted by atomic mass is 32.1. The van der Waals surface area contributed by atoms with Crippen LogP contribution in [0.2, 0.25) is 0 Å². The van der Waals surface area contributed by atoms with Gasteiger partial charge in [-0.15, -0.1) is 11.3 Å². The molecule has 0 radical (unpaired) electrons. The number of rotatable bonds is 4. The first kappa shape index (κ1) is 19.2. The number of nitrogens with two attached hydrogens (primary N) is 1. The number of hydrogen-bond acceptors (Lipinski definition) is 7. The normalized spacial score (nSPS) is 16.1. The highest BCUT2D eigenvalue weighted by molar-refractivity contribution is 7.13. The zero-order chi connectivity index (χ0) is 20.4. The Morgan fingerprint density at radius 1 is 1.41 bits per heavy atom. The summed E-state index contributed by atoms with van der Waals surface area (Å²) in [5.41, 5.74) is 9.21. The van der Waals surface area contributed by atoms with E-state index >= 15 is 0 Å². The first-order chi connectivity index (χ1) is 14.0. The Balaban J connectivity index is 1.61. The maximum atomic E-state index is 13.1. The fraction of sp³-hybridized carbons (Fsp3) is 0.150. The third kappa shape index (κ3) is 4.15. The highest BCUT2D eigenvalue weighted by Crippen LogP contribution is 2.30. The molecule has 29 heavy (non-hydrogen) atoms. The molecule has 0 saturated carbocycles. The Kier molecular flexibility index (Phi) is 5.33.